The molecule has 6 atom stereocenters. The Morgan fingerprint density at radius 2 is 2.08 bits per heavy atom. The third-order valence-electron chi connectivity index (χ3n) is 7.96. The van der Waals surface area contributed by atoms with Gasteiger partial charge in [0.2, 0.25) is 0 Å². The SMILES string of the molecule is C=C(C)[C@H]1CC[C@@]23C[C@H](CC[C@H]2[C@]1(C)CCC(=O)O)C(COCC)C3=O. The molecule has 0 aliphatic heterocycles. The molecule has 1 spiro atoms. The molecule has 3 aliphatic rings. The summed E-state index contributed by atoms with van der Waals surface area (Å²) >= 11 is 0. The summed E-state index contributed by atoms with van der Waals surface area (Å²) in [5, 5.41) is 9.29. The van der Waals surface area contributed by atoms with E-state index in [1.165, 1.54) is 0 Å². The van der Waals surface area contributed by atoms with E-state index in [0.29, 0.717) is 37.3 Å². The van der Waals surface area contributed by atoms with Crippen LogP contribution in [0.3, 0.4) is 0 Å². The molecule has 0 heterocycles. The second kappa shape index (κ2) is 7.10. The highest BCUT2D eigenvalue weighted by atomic mass is 16.5. The van der Waals surface area contributed by atoms with Gasteiger partial charge < -0.3 is 9.84 Å². The van der Waals surface area contributed by atoms with Gasteiger partial charge in [-0.3, -0.25) is 9.59 Å². The maximum absolute atomic E-state index is 13.5. The number of rotatable bonds is 7. The summed E-state index contributed by atoms with van der Waals surface area (Å²) in [5.74, 6) is 0.764. The molecule has 0 radical (unpaired) electrons. The zero-order valence-electron chi connectivity index (χ0n) is 16.6. The number of hydrogen-bond acceptors (Lipinski definition) is 3. The van der Waals surface area contributed by atoms with Crippen molar-refractivity contribution in [2.75, 3.05) is 13.2 Å². The maximum Gasteiger partial charge on any atom is 0.303 e. The van der Waals surface area contributed by atoms with Crippen molar-refractivity contribution in [1.29, 1.82) is 0 Å². The first-order valence-electron chi connectivity index (χ1n) is 10.3. The number of ether oxygens (including phenoxy) is 1. The molecule has 1 N–H and O–H groups in total. The second-order valence-corrected chi connectivity index (χ2v) is 9.22. The zero-order valence-corrected chi connectivity index (χ0v) is 16.6. The van der Waals surface area contributed by atoms with Crippen LogP contribution < -0.4 is 0 Å². The number of carbonyl (C=O) groups is 2. The Kier molecular flexibility index (Phi) is 5.35. The Morgan fingerprint density at radius 1 is 1.35 bits per heavy atom. The molecule has 4 heteroatoms. The minimum Gasteiger partial charge on any atom is -0.481 e. The van der Waals surface area contributed by atoms with Crippen LogP contribution in [-0.4, -0.2) is 30.1 Å². The van der Waals surface area contributed by atoms with Gasteiger partial charge in [0.1, 0.15) is 5.78 Å². The van der Waals surface area contributed by atoms with E-state index in [-0.39, 0.29) is 29.1 Å². The van der Waals surface area contributed by atoms with E-state index >= 15 is 0 Å². The highest BCUT2D eigenvalue weighted by Crippen LogP contribution is 2.68. The van der Waals surface area contributed by atoms with Crippen LogP contribution >= 0.6 is 0 Å². The minimum absolute atomic E-state index is 0.0463. The number of carboxylic acid groups (broad SMARTS) is 1. The summed E-state index contributed by atoms with van der Waals surface area (Å²) in [6.07, 6.45) is 5.81. The van der Waals surface area contributed by atoms with Gasteiger partial charge >= 0.3 is 5.97 Å². The molecule has 0 saturated heterocycles. The molecule has 0 aromatic heterocycles. The lowest BCUT2D eigenvalue weighted by atomic mass is 9.46. The van der Waals surface area contributed by atoms with Crippen molar-refractivity contribution in [3.8, 4) is 0 Å². The van der Waals surface area contributed by atoms with Gasteiger partial charge in [0.05, 0.1) is 6.61 Å². The standard InChI is InChI=1S/C22H34O4/c1-5-26-13-16-15-6-7-18-21(4,10-9-19(23)24)17(14(2)3)8-11-22(18,12-15)20(16)25/h15-18H,2,5-13H2,1,3-4H3,(H,23,24)/t15-,16?,17+,18-,21+,22+/m0/s1. The van der Waals surface area contributed by atoms with Gasteiger partial charge in [-0.05, 0) is 75.5 Å². The van der Waals surface area contributed by atoms with E-state index in [1.807, 2.05) is 6.92 Å². The highest BCUT2D eigenvalue weighted by Gasteiger charge is 2.65. The lowest BCUT2D eigenvalue weighted by Crippen LogP contribution is -2.53. The molecule has 3 saturated carbocycles. The van der Waals surface area contributed by atoms with Crippen molar-refractivity contribution in [2.24, 2.45) is 34.5 Å². The Morgan fingerprint density at radius 3 is 2.69 bits per heavy atom. The van der Waals surface area contributed by atoms with Gasteiger partial charge in [0.25, 0.3) is 0 Å². The third-order valence-corrected chi connectivity index (χ3v) is 7.96. The summed E-state index contributed by atoms with van der Waals surface area (Å²) in [7, 11) is 0. The Bertz CT molecular complexity index is 597. The molecule has 4 nitrogen and oxygen atoms in total. The number of Topliss-reactive ketones (excluding diaryl/α,β-unsaturated/α-hetero) is 1. The van der Waals surface area contributed by atoms with Gasteiger partial charge in [0, 0.05) is 24.4 Å². The number of carbonyl (C=O) groups excluding carboxylic acids is 1. The molecule has 26 heavy (non-hydrogen) atoms. The van der Waals surface area contributed by atoms with Crippen LogP contribution in [0.4, 0.5) is 0 Å². The molecule has 0 aromatic rings. The second-order valence-electron chi connectivity index (χ2n) is 9.22. The van der Waals surface area contributed by atoms with Crippen LogP contribution in [0.2, 0.25) is 0 Å². The molecule has 3 rings (SSSR count). The smallest absolute Gasteiger partial charge is 0.303 e. The predicted molar refractivity (Wildman–Crippen MR) is 101 cm³/mol. The molecule has 3 aliphatic carbocycles. The number of allylic oxidation sites excluding steroid dienone is 1. The number of hydrogen-bond donors (Lipinski definition) is 1. The fraction of sp³-hybridized carbons (Fsp3) is 0.818. The van der Waals surface area contributed by atoms with Crippen LogP contribution in [0.15, 0.2) is 12.2 Å². The van der Waals surface area contributed by atoms with E-state index in [9.17, 15) is 14.7 Å². The van der Waals surface area contributed by atoms with Crippen molar-refractivity contribution in [3.05, 3.63) is 12.2 Å². The summed E-state index contributed by atoms with van der Waals surface area (Å²) in [6.45, 7) is 11.7. The summed E-state index contributed by atoms with van der Waals surface area (Å²) in [4.78, 5) is 24.8. The topological polar surface area (TPSA) is 63.6 Å². The van der Waals surface area contributed by atoms with Crippen LogP contribution in [0, 0.1) is 34.5 Å². The van der Waals surface area contributed by atoms with E-state index in [2.05, 4.69) is 20.4 Å². The summed E-state index contributed by atoms with van der Waals surface area (Å²) < 4.78 is 5.65. The normalized spacial score (nSPS) is 41.7. The van der Waals surface area contributed by atoms with Crippen LogP contribution in [0.1, 0.15) is 65.7 Å². The fourth-order valence-electron chi connectivity index (χ4n) is 6.89. The van der Waals surface area contributed by atoms with Gasteiger partial charge in [-0.1, -0.05) is 19.1 Å². The van der Waals surface area contributed by atoms with E-state index in [0.717, 1.165) is 37.7 Å². The molecule has 3 fully saturated rings. The minimum atomic E-state index is -0.744. The molecule has 2 bridgehead atoms. The van der Waals surface area contributed by atoms with Crippen molar-refractivity contribution in [2.45, 2.75) is 65.7 Å². The van der Waals surface area contributed by atoms with Gasteiger partial charge in [-0.15, -0.1) is 0 Å². The number of aliphatic carboxylic acids is 1. The largest absolute Gasteiger partial charge is 0.481 e. The lowest BCUT2D eigenvalue weighted by molar-refractivity contribution is -0.147. The number of fused-ring (bicyclic) bond motifs is 1. The van der Waals surface area contributed by atoms with Gasteiger partial charge in [-0.25, -0.2) is 0 Å². The Labute approximate surface area is 157 Å². The van der Waals surface area contributed by atoms with Gasteiger partial charge in [0.15, 0.2) is 0 Å². The quantitative estimate of drug-likeness (QED) is 0.678. The molecular weight excluding hydrogens is 328 g/mol. The lowest BCUT2D eigenvalue weighted by Gasteiger charge is -2.57. The number of carboxylic acids is 1. The average Bonchev–Trinajstić information content (AvgIpc) is 2.78. The maximum atomic E-state index is 13.5. The van der Waals surface area contributed by atoms with Crippen LogP contribution in [0.5, 0.6) is 0 Å². The molecule has 0 aromatic carbocycles. The predicted octanol–water partition coefficient (Wildman–Crippen LogP) is 4.48. The summed E-state index contributed by atoms with van der Waals surface area (Å²) in [6, 6.07) is 0. The van der Waals surface area contributed by atoms with Crippen molar-refractivity contribution in [1.82, 2.24) is 0 Å². The fourth-order valence-corrected chi connectivity index (χ4v) is 6.89. The first kappa shape index (κ1) is 19.6. The summed E-state index contributed by atoms with van der Waals surface area (Å²) in [5.41, 5.74) is 0.749. The highest BCUT2D eigenvalue weighted by molar-refractivity contribution is 5.90. The van der Waals surface area contributed by atoms with E-state index < -0.39 is 5.97 Å². The molecular formula is C22H34O4. The monoisotopic (exact) mass is 362 g/mol. The van der Waals surface area contributed by atoms with Gasteiger partial charge in [-0.2, -0.15) is 0 Å². The zero-order chi connectivity index (χ0) is 19.1. The Balaban J connectivity index is 1.94. The average molecular weight is 363 g/mol. The molecule has 0 amide bonds. The van der Waals surface area contributed by atoms with E-state index in [4.69, 9.17) is 4.74 Å². The molecule has 146 valence electrons. The van der Waals surface area contributed by atoms with Crippen molar-refractivity contribution in [3.63, 3.8) is 0 Å². The van der Waals surface area contributed by atoms with E-state index in [1.54, 1.807) is 0 Å². The Hall–Kier alpha value is -1.16. The number of ketones is 1. The van der Waals surface area contributed by atoms with Crippen molar-refractivity contribution < 1.29 is 19.4 Å². The van der Waals surface area contributed by atoms with Crippen LogP contribution in [0.25, 0.3) is 0 Å². The third kappa shape index (κ3) is 2.94. The first-order chi connectivity index (χ1) is 12.3. The van der Waals surface area contributed by atoms with Crippen molar-refractivity contribution >= 4 is 11.8 Å². The molecule has 1 unspecified atom stereocenters. The first-order valence-corrected chi connectivity index (χ1v) is 10.3. The van der Waals surface area contributed by atoms with Crippen LogP contribution in [-0.2, 0) is 14.3 Å².